The van der Waals surface area contributed by atoms with E-state index >= 15 is 0 Å². The number of hydrogen-bond donors (Lipinski definition) is 1. The Kier molecular flexibility index (Phi) is 5.93. The highest BCUT2D eigenvalue weighted by Crippen LogP contribution is 2.27. The fourth-order valence-electron chi connectivity index (χ4n) is 2.89. The lowest BCUT2D eigenvalue weighted by molar-refractivity contribution is 0.181. The maximum absolute atomic E-state index is 5.45. The van der Waals surface area contributed by atoms with Gasteiger partial charge in [-0.3, -0.25) is 0 Å². The molecule has 0 fully saturated rings. The summed E-state index contributed by atoms with van der Waals surface area (Å²) in [4.78, 5) is 8.80. The van der Waals surface area contributed by atoms with Crippen molar-refractivity contribution < 1.29 is 9.47 Å². The molecule has 3 aromatic rings. The average molecular weight is 337 g/mol. The lowest BCUT2D eigenvalue weighted by Crippen LogP contribution is -2.18. The molecule has 0 unspecified atom stereocenters. The number of benzene rings is 2. The predicted molar refractivity (Wildman–Crippen MR) is 98.7 cm³/mol. The van der Waals surface area contributed by atoms with Gasteiger partial charge in [-0.1, -0.05) is 30.3 Å². The van der Waals surface area contributed by atoms with Crippen molar-refractivity contribution in [2.75, 3.05) is 20.8 Å². The number of ether oxygens (including phenoxy) is 2. The predicted octanol–water partition coefficient (Wildman–Crippen LogP) is 3.12. The summed E-state index contributed by atoms with van der Waals surface area (Å²) in [5.41, 5.74) is 2.17. The molecule has 3 rings (SSSR count). The summed E-state index contributed by atoms with van der Waals surface area (Å²) < 4.78 is 10.6. The van der Waals surface area contributed by atoms with E-state index in [1.54, 1.807) is 20.4 Å². The molecule has 0 bridgehead atoms. The van der Waals surface area contributed by atoms with Crippen molar-refractivity contribution in [1.29, 1.82) is 0 Å². The number of rotatable bonds is 8. The lowest BCUT2D eigenvalue weighted by atomic mass is 10.0. The molecular weight excluding hydrogens is 314 g/mol. The van der Waals surface area contributed by atoms with Gasteiger partial charge in [-0.05, 0) is 23.1 Å². The Morgan fingerprint density at radius 1 is 1.00 bits per heavy atom. The van der Waals surface area contributed by atoms with E-state index in [0.29, 0.717) is 6.61 Å². The second-order valence-corrected chi connectivity index (χ2v) is 5.80. The van der Waals surface area contributed by atoms with Crippen LogP contribution < -0.4 is 10.1 Å². The van der Waals surface area contributed by atoms with Crippen LogP contribution in [0.15, 0.2) is 48.7 Å². The maximum atomic E-state index is 5.45. The summed E-state index contributed by atoms with van der Waals surface area (Å²) >= 11 is 0. The molecule has 0 aliphatic heterocycles. The standard InChI is InChI=1S/C20H23N3O2/c1-24-14-16-9-12-22-20(23-16)10-11-21-13-15-5-3-7-18-17(15)6-4-8-19(18)25-2/h3-9,12,21H,10-11,13-14H2,1-2H3. The summed E-state index contributed by atoms with van der Waals surface area (Å²) in [7, 11) is 3.37. The van der Waals surface area contributed by atoms with Gasteiger partial charge in [0, 0.05) is 38.2 Å². The molecule has 0 aliphatic carbocycles. The third-order valence-corrected chi connectivity index (χ3v) is 4.09. The van der Waals surface area contributed by atoms with Crippen molar-refractivity contribution in [3.05, 3.63) is 65.7 Å². The van der Waals surface area contributed by atoms with Gasteiger partial charge in [0.2, 0.25) is 0 Å². The van der Waals surface area contributed by atoms with Gasteiger partial charge in [0.25, 0.3) is 0 Å². The minimum atomic E-state index is 0.515. The van der Waals surface area contributed by atoms with E-state index in [1.807, 2.05) is 18.2 Å². The first-order valence-electron chi connectivity index (χ1n) is 8.37. The summed E-state index contributed by atoms with van der Waals surface area (Å²) in [6.45, 7) is 2.12. The number of fused-ring (bicyclic) bond motifs is 1. The lowest BCUT2D eigenvalue weighted by Gasteiger charge is -2.10. The van der Waals surface area contributed by atoms with Crippen LogP contribution in [-0.4, -0.2) is 30.7 Å². The van der Waals surface area contributed by atoms with Crippen molar-refractivity contribution in [3.63, 3.8) is 0 Å². The second kappa shape index (κ2) is 8.55. The van der Waals surface area contributed by atoms with Crippen LogP contribution in [0.1, 0.15) is 17.1 Å². The molecular formula is C20H23N3O2. The summed E-state index contributed by atoms with van der Waals surface area (Å²) in [6.07, 6.45) is 2.57. The molecule has 1 N–H and O–H groups in total. The Bertz CT molecular complexity index is 836. The smallest absolute Gasteiger partial charge is 0.129 e. The fourth-order valence-corrected chi connectivity index (χ4v) is 2.89. The van der Waals surface area contributed by atoms with Gasteiger partial charge in [0.15, 0.2) is 0 Å². The first-order chi connectivity index (χ1) is 12.3. The quantitative estimate of drug-likeness (QED) is 0.640. The fraction of sp³-hybridized carbons (Fsp3) is 0.300. The third-order valence-electron chi connectivity index (χ3n) is 4.09. The molecule has 0 saturated carbocycles. The molecule has 5 nitrogen and oxygen atoms in total. The average Bonchev–Trinajstić information content (AvgIpc) is 2.65. The third kappa shape index (κ3) is 4.32. The summed E-state index contributed by atoms with van der Waals surface area (Å²) in [6, 6.07) is 14.3. The zero-order valence-electron chi connectivity index (χ0n) is 14.7. The Labute approximate surface area is 148 Å². The molecule has 0 aliphatic rings. The minimum Gasteiger partial charge on any atom is -0.496 e. The highest BCUT2D eigenvalue weighted by Gasteiger charge is 2.05. The van der Waals surface area contributed by atoms with Crippen molar-refractivity contribution in [3.8, 4) is 5.75 Å². The van der Waals surface area contributed by atoms with Gasteiger partial charge in [0.05, 0.1) is 19.4 Å². The van der Waals surface area contributed by atoms with Crippen molar-refractivity contribution >= 4 is 10.8 Å². The molecule has 0 spiro atoms. The van der Waals surface area contributed by atoms with E-state index in [0.717, 1.165) is 42.2 Å². The number of hydrogen-bond acceptors (Lipinski definition) is 5. The second-order valence-electron chi connectivity index (χ2n) is 5.80. The minimum absolute atomic E-state index is 0.515. The Morgan fingerprint density at radius 2 is 1.84 bits per heavy atom. The Balaban J connectivity index is 1.61. The highest BCUT2D eigenvalue weighted by molar-refractivity contribution is 5.90. The van der Waals surface area contributed by atoms with Gasteiger partial charge in [0.1, 0.15) is 11.6 Å². The molecule has 0 atom stereocenters. The number of methoxy groups -OCH3 is 2. The van der Waals surface area contributed by atoms with E-state index in [1.165, 1.54) is 10.9 Å². The molecule has 25 heavy (non-hydrogen) atoms. The van der Waals surface area contributed by atoms with Crippen LogP contribution >= 0.6 is 0 Å². The van der Waals surface area contributed by atoms with Crippen LogP contribution in [-0.2, 0) is 24.3 Å². The molecule has 5 heteroatoms. The first kappa shape index (κ1) is 17.3. The number of nitrogens with one attached hydrogen (secondary N) is 1. The molecule has 1 aromatic heterocycles. The van der Waals surface area contributed by atoms with E-state index in [2.05, 4.69) is 39.6 Å². The summed E-state index contributed by atoms with van der Waals surface area (Å²) in [5, 5.41) is 5.83. The monoisotopic (exact) mass is 337 g/mol. The largest absolute Gasteiger partial charge is 0.496 e. The van der Waals surface area contributed by atoms with Gasteiger partial charge in [-0.15, -0.1) is 0 Å². The molecule has 2 aromatic carbocycles. The number of aromatic nitrogens is 2. The highest BCUT2D eigenvalue weighted by atomic mass is 16.5. The Hall–Kier alpha value is -2.50. The molecule has 0 radical (unpaired) electrons. The zero-order valence-corrected chi connectivity index (χ0v) is 14.7. The molecule has 130 valence electrons. The Morgan fingerprint density at radius 3 is 2.68 bits per heavy atom. The van der Waals surface area contributed by atoms with Gasteiger partial charge in [-0.25, -0.2) is 9.97 Å². The SMILES string of the molecule is COCc1ccnc(CCNCc2cccc3c(OC)cccc23)n1. The molecule has 0 saturated heterocycles. The van der Waals surface area contributed by atoms with Gasteiger partial charge < -0.3 is 14.8 Å². The van der Waals surface area contributed by atoms with Crippen LogP contribution in [0.3, 0.4) is 0 Å². The van der Waals surface area contributed by atoms with Gasteiger partial charge >= 0.3 is 0 Å². The van der Waals surface area contributed by atoms with Crippen molar-refractivity contribution in [1.82, 2.24) is 15.3 Å². The van der Waals surface area contributed by atoms with Crippen molar-refractivity contribution in [2.24, 2.45) is 0 Å². The van der Waals surface area contributed by atoms with Gasteiger partial charge in [-0.2, -0.15) is 0 Å². The molecule has 0 amide bonds. The van der Waals surface area contributed by atoms with E-state index in [4.69, 9.17) is 9.47 Å². The van der Waals surface area contributed by atoms with E-state index in [-0.39, 0.29) is 0 Å². The molecule has 1 heterocycles. The summed E-state index contributed by atoms with van der Waals surface area (Å²) in [5.74, 6) is 1.74. The van der Waals surface area contributed by atoms with Crippen LogP contribution in [0.4, 0.5) is 0 Å². The van der Waals surface area contributed by atoms with Crippen LogP contribution in [0.5, 0.6) is 5.75 Å². The number of nitrogens with zero attached hydrogens (tertiary/aromatic N) is 2. The van der Waals surface area contributed by atoms with Crippen LogP contribution in [0.25, 0.3) is 10.8 Å². The normalized spacial score (nSPS) is 11.0. The van der Waals surface area contributed by atoms with Crippen LogP contribution in [0.2, 0.25) is 0 Å². The van der Waals surface area contributed by atoms with Crippen molar-refractivity contribution in [2.45, 2.75) is 19.6 Å². The zero-order chi connectivity index (χ0) is 17.5. The van der Waals surface area contributed by atoms with E-state index in [9.17, 15) is 0 Å². The first-order valence-corrected chi connectivity index (χ1v) is 8.37. The van der Waals surface area contributed by atoms with Crippen LogP contribution in [0, 0.1) is 0 Å². The maximum Gasteiger partial charge on any atom is 0.129 e. The van der Waals surface area contributed by atoms with E-state index < -0.39 is 0 Å². The topological polar surface area (TPSA) is 56.3 Å².